The quantitative estimate of drug-likeness (QED) is 0.680. The minimum atomic E-state index is -0.170. The zero-order chi connectivity index (χ0) is 18.9. The number of carbonyl (C=O) groups is 1. The molecule has 2 aromatic rings. The lowest BCUT2D eigenvalue weighted by Crippen LogP contribution is -2.28. The van der Waals surface area contributed by atoms with E-state index in [2.05, 4.69) is 15.3 Å². The number of nitrogens with one attached hydrogen (secondary N) is 1. The van der Waals surface area contributed by atoms with Crippen LogP contribution < -0.4 is 14.8 Å². The van der Waals surface area contributed by atoms with Crippen LogP contribution >= 0.6 is 0 Å². The Hall–Kier alpha value is -2.67. The monoisotopic (exact) mass is 371 g/mol. The highest BCUT2D eigenvalue weighted by Gasteiger charge is 2.15. The van der Waals surface area contributed by atoms with Crippen molar-refractivity contribution in [2.24, 2.45) is 0 Å². The summed E-state index contributed by atoms with van der Waals surface area (Å²) in [5.41, 5.74) is 3.13. The number of hydrogen-bond acceptors (Lipinski definition) is 6. The summed E-state index contributed by atoms with van der Waals surface area (Å²) in [5.74, 6) is 1.14. The van der Waals surface area contributed by atoms with Crippen LogP contribution in [-0.4, -0.2) is 42.8 Å². The first kappa shape index (κ1) is 19.1. The second-order valence-corrected chi connectivity index (χ2v) is 6.35. The predicted molar refractivity (Wildman–Crippen MR) is 99.8 cm³/mol. The first-order valence-electron chi connectivity index (χ1n) is 9.19. The lowest BCUT2D eigenvalue weighted by Gasteiger charge is -2.18. The van der Waals surface area contributed by atoms with Gasteiger partial charge < -0.3 is 19.5 Å². The highest BCUT2D eigenvalue weighted by Crippen LogP contribution is 2.27. The van der Waals surface area contributed by atoms with Crippen molar-refractivity contribution < 1.29 is 19.0 Å². The molecule has 27 heavy (non-hydrogen) atoms. The Kier molecular flexibility index (Phi) is 6.98. The molecule has 7 heteroatoms. The molecule has 0 fully saturated rings. The molecule has 0 bridgehead atoms. The van der Waals surface area contributed by atoms with Crippen LogP contribution in [0.1, 0.15) is 29.7 Å². The highest BCUT2D eigenvalue weighted by atomic mass is 16.5. The number of ether oxygens (including phenoxy) is 3. The third-order valence-corrected chi connectivity index (χ3v) is 4.38. The molecule has 0 atom stereocenters. The maximum absolute atomic E-state index is 12.1. The molecule has 0 saturated heterocycles. The van der Waals surface area contributed by atoms with Crippen LogP contribution in [0.3, 0.4) is 0 Å². The van der Waals surface area contributed by atoms with E-state index < -0.39 is 0 Å². The van der Waals surface area contributed by atoms with Crippen LogP contribution in [-0.2, 0) is 28.9 Å². The van der Waals surface area contributed by atoms with Crippen molar-refractivity contribution in [3.8, 4) is 11.6 Å². The zero-order valence-electron chi connectivity index (χ0n) is 15.6. The van der Waals surface area contributed by atoms with Crippen LogP contribution in [0.5, 0.6) is 11.6 Å². The SMILES string of the molecule is COCCOc1ccc(CNC(=O)COc2ccnc3c2CCCC3)cn1. The molecule has 0 unspecified atom stereocenters. The van der Waals surface area contributed by atoms with Gasteiger partial charge in [-0.1, -0.05) is 6.07 Å². The number of carbonyl (C=O) groups excluding carboxylic acids is 1. The van der Waals surface area contributed by atoms with E-state index in [1.54, 1.807) is 25.6 Å². The molecule has 1 N–H and O–H groups in total. The van der Waals surface area contributed by atoms with Crippen molar-refractivity contribution in [1.29, 1.82) is 0 Å². The lowest BCUT2D eigenvalue weighted by atomic mass is 9.95. The average Bonchev–Trinajstić information content (AvgIpc) is 2.72. The van der Waals surface area contributed by atoms with Gasteiger partial charge in [0, 0.05) is 43.4 Å². The molecular weight excluding hydrogens is 346 g/mol. The summed E-state index contributed by atoms with van der Waals surface area (Å²) < 4.78 is 16.1. The van der Waals surface area contributed by atoms with Crippen molar-refractivity contribution in [2.75, 3.05) is 26.9 Å². The van der Waals surface area contributed by atoms with Gasteiger partial charge >= 0.3 is 0 Å². The fourth-order valence-electron chi connectivity index (χ4n) is 2.95. The summed E-state index contributed by atoms with van der Waals surface area (Å²) in [4.78, 5) is 20.7. The molecule has 1 amide bonds. The number of aryl methyl sites for hydroxylation is 1. The van der Waals surface area contributed by atoms with E-state index in [-0.39, 0.29) is 12.5 Å². The van der Waals surface area contributed by atoms with Crippen molar-refractivity contribution in [1.82, 2.24) is 15.3 Å². The standard InChI is InChI=1S/C20H25N3O4/c1-25-10-11-26-20-7-6-15(13-23-20)12-22-19(24)14-27-18-8-9-21-17-5-3-2-4-16(17)18/h6-9,13H,2-5,10-12,14H2,1H3,(H,22,24). The number of hydrogen-bond donors (Lipinski definition) is 1. The molecule has 0 aliphatic heterocycles. The van der Waals surface area contributed by atoms with Gasteiger partial charge in [0.2, 0.25) is 5.88 Å². The third kappa shape index (κ3) is 5.65. The molecule has 144 valence electrons. The van der Waals surface area contributed by atoms with Crippen molar-refractivity contribution in [3.05, 3.63) is 47.4 Å². The smallest absolute Gasteiger partial charge is 0.258 e. The number of nitrogens with zero attached hydrogens (tertiary/aromatic N) is 2. The Balaban J connectivity index is 1.44. The number of rotatable bonds is 9. The fourth-order valence-corrected chi connectivity index (χ4v) is 2.95. The summed E-state index contributed by atoms with van der Waals surface area (Å²) in [7, 11) is 1.62. The Bertz CT molecular complexity index is 749. The van der Waals surface area contributed by atoms with E-state index in [1.807, 2.05) is 12.1 Å². The minimum absolute atomic E-state index is 0.0118. The predicted octanol–water partition coefficient (Wildman–Crippen LogP) is 2.08. The van der Waals surface area contributed by atoms with Crippen molar-refractivity contribution >= 4 is 5.91 Å². The van der Waals surface area contributed by atoms with E-state index in [1.165, 1.54) is 0 Å². The summed E-state index contributed by atoms with van der Waals surface area (Å²) in [6.45, 7) is 1.35. The van der Waals surface area contributed by atoms with Gasteiger partial charge in [-0.3, -0.25) is 9.78 Å². The number of amides is 1. The summed E-state index contributed by atoms with van der Waals surface area (Å²) in [6.07, 6.45) is 7.68. The normalized spacial score (nSPS) is 12.9. The molecule has 0 radical (unpaired) electrons. The maximum atomic E-state index is 12.1. The van der Waals surface area contributed by atoms with Gasteiger partial charge in [0.05, 0.1) is 6.61 Å². The number of aromatic nitrogens is 2. The van der Waals surface area contributed by atoms with Gasteiger partial charge in [-0.05, 0) is 37.3 Å². The van der Waals surface area contributed by atoms with Crippen LogP contribution in [0.4, 0.5) is 0 Å². The number of methoxy groups -OCH3 is 1. The van der Waals surface area contributed by atoms with E-state index in [4.69, 9.17) is 14.2 Å². The molecule has 0 aromatic carbocycles. The number of pyridine rings is 2. The Morgan fingerprint density at radius 1 is 1.11 bits per heavy atom. The molecule has 3 rings (SSSR count). The first-order chi connectivity index (χ1) is 13.3. The van der Waals surface area contributed by atoms with E-state index in [9.17, 15) is 4.79 Å². The van der Waals surface area contributed by atoms with E-state index in [0.29, 0.717) is 25.6 Å². The van der Waals surface area contributed by atoms with E-state index in [0.717, 1.165) is 48.3 Å². The largest absolute Gasteiger partial charge is 0.483 e. The van der Waals surface area contributed by atoms with Gasteiger partial charge in [0.15, 0.2) is 6.61 Å². The van der Waals surface area contributed by atoms with Crippen molar-refractivity contribution in [2.45, 2.75) is 32.2 Å². The topological polar surface area (TPSA) is 82.6 Å². The molecule has 2 aromatic heterocycles. The molecule has 1 aliphatic carbocycles. The van der Waals surface area contributed by atoms with Crippen molar-refractivity contribution in [3.63, 3.8) is 0 Å². The van der Waals surface area contributed by atoms with Crippen LogP contribution in [0.25, 0.3) is 0 Å². The zero-order valence-corrected chi connectivity index (χ0v) is 15.6. The highest BCUT2D eigenvalue weighted by molar-refractivity contribution is 5.77. The molecule has 0 spiro atoms. The minimum Gasteiger partial charge on any atom is -0.483 e. The molecular formula is C20H25N3O4. The van der Waals surface area contributed by atoms with Gasteiger partial charge in [-0.25, -0.2) is 4.98 Å². The maximum Gasteiger partial charge on any atom is 0.258 e. The molecule has 2 heterocycles. The van der Waals surface area contributed by atoms with Gasteiger partial charge in [-0.15, -0.1) is 0 Å². The molecule has 1 aliphatic rings. The summed E-state index contributed by atoms with van der Waals surface area (Å²) >= 11 is 0. The second kappa shape index (κ2) is 9.87. The molecule has 0 saturated carbocycles. The van der Waals surface area contributed by atoms with Gasteiger partial charge in [-0.2, -0.15) is 0 Å². The van der Waals surface area contributed by atoms with Gasteiger partial charge in [0.25, 0.3) is 5.91 Å². The van der Waals surface area contributed by atoms with E-state index >= 15 is 0 Å². The van der Waals surface area contributed by atoms with Gasteiger partial charge in [0.1, 0.15) is 12.4 Å². The molecule has 7 nitrogen and oxygen atoms in total. The Labute approximate surface area is 159 Å². The Morgan fingerprint density at radius 3 is 2.81 bits per heavy atom. The third-order valence-electron chi connectivity index (χ3n) is 4.38. The van der Waals surface area contributed by atoms with Crippen LogP contribution in [0.15, 0.2) is 30.6 Å². The lowest BCUT2D eigenvalue weighted by molar-refractivity contribution is -0.123. The fraction of sp³-hybridized carbons (Fsp3) is 0.450. The first-order valence-corrected chi connectivity index (χ1v) is 9.19. The summed E-state index contributed by atoms with van der Waals surface area (Å²) in [5, 5.41) is 2.84. The Morgan fingerprint density at radius 2 is 2.00 bits per heavy atom. The number of fused-ring (bicyclic) bond motifs is 1. The second-order valence-electron chi connectivity index (χ2n) is 6.35. The summed E-state index contributed by atoms with van der Waals surface area (Å²) in [6, 6.07) is 5.48. The van der Waals surface area contributed by atoms with Crippen LogP contribution in [0.2, 0.25) is 0 Å². The average molecular weight is 371 g/mol. The van der Waals surface area contributed by atoms with Crippen LogP contribution in [0, 0.1) is 0 Å².